The van der Waals surface area contributed by atoms with Gasteiger partial charge in [0.15, 0.2) is 0 Å². The van der Waals surface area contributed by atoms with Crippen LogP contribution in [0.4, 0.5) is 5.69 Å². The van der Waals surface area contributed by atoms with E-state index in [9.17, 15) is 0 Å². The first-order valence-corrected chi connectivity index (χ1v) is 6.24. The second kappa shape index (κ2) is 5.39. The lowest BCUT2D eigenvalue weighted by atomic mass is 10.0. The first kappa shape index (κ1) is 12.2. The summed E-state index contributed by atoms with van der Waals surface area (Å²) < 4.78 is 0. The minimum absolute atomic E-state index is 0.495. The summed E-state index contributed by atoms with van der Waals surface area (Å²) in [7, 11) is 1.98. The Hall–Kier alpha value is -1.24. The summed E-state index contributed by atoms with van der Waals surface area (Å²) in [5, 5.41) is 13.1. The highest BCUT2D eigenvalue weighted by Gasteiger charge is 2.20. The zero-order chi connectivity index (χ0) is 12.3. The maximum absolute atomic E-state index is 9.13. The molecule has 0 aliphatic carbocycles. The van der Waals surface area contributed by atoms with E-state index in [-0.39, 0.29) is 0 Å². The third kappa shape index (κ3) is 2.71. The fourth-order valence-corrected chi connectivity index (χ4v) is 2.46. The molecule has 0 aromatic heterocycles. The predicted molar refractivity (Wildman–Crippen MR) is 70.5 cm³/mol. The number of anilines is 1. The van der Waals surface area contributed by atoms with Crippen LogP contribution in [0, 0.1) is 11.3 Å². The molecule has 2 rings (SSSR count). The summed E-state index contributed by atoms with van der Waals surface area (Å²) in [6.07, 6.45) is 2.33. The SMILES string of the molecule is CNC1CCCN(c2cc(Cl)ccc2C#N)C1. The maximum Gasteiger partial charge on any atom is 0.101 e. The van der Waals surface area contributed by atoms with Crippen molar-refractivity contribution in [3.63, 3.8) is 0 Å². The van der Waals surface area contributed by atoms with Gasteiger partial charge >= 0.3 is 0 Å². The Morgan fingerprint density at radius 2 is 2.35 bits per heavy atom. The molecule has 1 heterocycles. The van der Waals surface area contributed by atoms with Gasteiger partial charge in [-0.15, -0.1) is 0 Å². The number of hydrogen-bond acceptors (Lipinski definition) is 3. The van der Waals surface area contributed by atoms with E-state index in [0.29, 0.717) is 16.6 Å². The van der Waals surface area contributed by atoms with E-state index in [4.69, 9.17) is 16.9 Å². The lowest BCUT2D eigenvalue weighted by molar-refractivity contribution is 0.449. The summed E-state index contributed by atoms with van der Waals surface area (Å²) in [4.78, 5) is 2.25. The minimum atomic E-state index is 0.495. The van der Waals surface area contributed by atoms with Gasteiger partial charge in [-0.1, -0.05) is 11.6 Å². The Labute approximate surface area is 107 Å². The van der Waals surface area contributed by atoms with Gasteiger partial charge in [0.25, 0.3) is 0 Å². The van der Waals surface area contributed by atoms with Crippen LogP contribution in [-0.2, 0) is 0 Å². The van der Waals surface area contributed by atoms with Crippen molar-refractivity contribution in [1.82, 2.24) is 5.32 Å². The molecule has 1 unspecified atom stereocenters. The molecule has 1 aliphatic rings. The molecule has 1 saturated heterocycles. The van der Waals surface area contributed by atoms with E-state index in [2.05, 4.69) is 16.3 Å². The molecule has 1 N–H and O–H groups in total. The average Bonchev–Trinajstić information content (AvgIpc) is 2.39. The van der Waals surface area contributed by atoms with Crippen LogP contribution in [0.3, 0.4) is 0 Å². The molecule has 1 fully saturated rings. The van der Waals surface area contributed by atoms with Crippen LogP contribution < -0.4 is 10.2 Å². The van der Waals surface area contributed by atoms with Crippen LogP contribution in [0.5, 0.6) is 0 Å². The molecule has 0 amide bonds. The zero-order valence-electron chi connectivity index (χ0n) is 9.91. The van der Waals surface area contributed by atoms with Gasteiger partial charge in [-0.3, -0.25) is 0 Å². The number of nitriles is 1. The molecular formula is C13H16ClN3. The van der Waals surface area contributed by atoms with Crippen LogP contribution in [0.1, 0.15) is 18.4 Å². The van der Waals surface area contributed by atoms with Gasteiger partial charge in [0.1, 0.15) is 6.07 Å². The number of benzene rings is 1. The number of hydrogen-bond donors (Lipinski definition) is 1. The van der Waals surface area contributed by atoms with Crippen molar-refractivity contribution in [2.75, 3.05) is 25.0 Å². The molecule has 1 aromatic carbocycles. The summed E-state index contributed by atoms with van der Waals surface area (Å²) in [5.41, 5.74) is 1.66. The molecule has 1 atom stereocenters. The zero-order valence-corrected chi connectivity index (χ0v) is 10.7. The molecular weight excluding hydrogens is 234 g/mol. The Bertz CT molecular complexity index is 439. The van der Waals surface area contributed by atoms with Gasteiger partial charge in [0, 0.05) is 24.2 Å². The highest BCUT2D eigenvalue weighted by molar-refractivity contribution is 6.30. The second-order valence-electron chi connectivity index (χ2n) is 4.35. The van der Waals surface area contributed by atoms with Gasteiger partial charge in [-0.25, -0.2) is 0 Å². The van der Waals surface area contributed by atoms with Gasteiger partial charge in [0.2, 0.25) is 0 Å². The van der Waals surface area contributed by atoms with Gasteiger partial charge in [0.05, 0.1) is 11.3 Å². The molecule has 0 bridgehead atoms. The van der Waals surface area contributed by atoms with Crippen molar-refractivity contribution < 1.29 is 0 Å². The van der Waals surface area contributed by atoms with Crippen molar-refractivity contribution in [3.05, 3.63) is 28.8 Å². The first-order valence-electron chi connectivity index (χ1n) is 5.86. The summed E-state index contributed by atoms with van der Waals surface area (Å²) in [6.45, 7) is 1.93. The van der Waals surface area contributed by atoms with E-state index >= 15 is 0 Å². The highest BCUT2D eigenvalue weighted by Crippen LogP contribution is 2.27. The standard InChI is InChI=1S/C13H16ClN3/c1-16-12-3-2-6-17(9-12)13-7-11(14)5-4-10(13)8-15/h4-5,7,12,16H,2-3,6,9H2,1H3. The van der Waals surface area contributed by atoms with Crippen LogP contribution in [0.2, 0.25) is 5.02 Å². The number of nitrogens with zero attached hydrogens (tertiary/aromatic N) is 2. The topological polar surface area (TPSA) is 39.1 Å². The van der Waals surface area contributed by atoms with Crippen molar-refractivity contribution in [1.29, 1.82) is 5.26 Å². The third-order valence-electron chi connectivity index (χ3n) is 3.25. The monoisotopic (exact) mass is 249 g/mol. The van der Waals surface area contributed by atoms with Crippen molar-refractivity contribution in [2.45, 2.75) is 18.9 Å². The Morgan fingerprint density at radius 1 is 1.53 bits per heavy atom. The van der Waals surface area contributed by atoms with Crippen molar-refractivity contribution in [3.8, 4) is 6.07 Å². The molecule has 0 spiro atoms. The molecule has 0 saturated carbocycles. The molecule has 3 nitrogen and oxygen atoms in total. The summed E-state index contributed by atoms with van der Waals surface area (Å²) >= 11 is 6.01. The van der Waals surface area contributed by atoms with Crippen molar-refractivity contribution >= 4 is 17.3 Å². The quantitative estimate of drug-likeness (QED) is 0.875. The summed E-state index contributed by atoms with van der Waals surface area (Å²) in [6, 6.07) is 8.17. The fourth-order valence-electron chi connectivity index (χ4n) is 2.29. The van der Waals surface area contributed by atoms with Crippen LogP contribution in [-0.4, -0.2) is 26.2 Å². The van der Waals surface area contributed by atoms with E-state index in [0.717, 1.165) is 25.2 Å². The highest BCUT2D eigenvalue weighted by atomic mass is 35.5. The van der Waals surface area contributed by atoms with E-state index < -0.39 is 0 Å². The predicted octanol–water partition coefficient (Wildman–Crippen LogP) is 2.40. The molecule has 1 aliphatic heterocycles. The second-order valence-corrected chi connectivity index (χ2v) is 4.78. The lowest BCUT2D eigenvalue weighted by Crippen LogP contribution is -2.44. The largest absolute Gasteiger partial charge is 0.369 e. The third-order valence-corrected chi connectivity index (χ3v) is 3.49. The van der Waals surface area contributed by atoms with Crippen LogP contribution in [0.15, 0.2) is 18.2 Å². The number of halogens is 1. The summed E-state index contributed by atoms with van der Waals surface area (Å²) in [5.74, 6) is 0. The average molecular weight is 250 g/mol. The number of likely N-dealkylation sites (N-methyl/N-ethyl adjacent to an activating group) is 1. The number of nitrogens with one attached hydrogen (secondary N) is 1. The van der Waals surface area contributed by atoms with E-state index in [1.54, 1.807) is 12.1 Å². The molecule has 90 valence electrons. The molecule has 17 heavy (non-hydrogen) atoms. The van der Waals surface area contributed by atoms with E-state index in [1.165, 1.54) is 6.42 Å². The fraction of sp³-hybridized carbons (Fsp3) is 0.462. The Balaban J connectivity index is 2.27. The van der Waals surface area contributed by atoms with Gasteiger partial charge in [-0.2, -0.15) is 5.26 Å². The molecule has 4 heteroatoms. The minimum Gasteiger partial charge on any atom is -0.369 e. The smallest absolute Gasteiger partial charge is 0.101 e. The molecule has 0 radical (unpaired) electrons. The lowest BCUT2D eigenvalue weighted by Gasteiger charge is -2.34. The number of rotatable bonds is 2. The van der Waals surface area contributed by atoms with Crippen LogP contribution in [0.25, 0.3) is 0 Å². The maximum atomic E-state index is 9.13. The first-order chi connectivity index (χ1) is 8.24. The van der Waals surface area contributed by atoms with Crippen LogP contribution >= 0.6 is 11.6 Å². The number of piperidine rings is 1. The van der Waals surface area contributed by atoms with Gasteiger partial charge < -0.3 is 10.2 Å². The Morgan fingerprint density at radius 3 is 3.06 bits per heavy atom. The van der Waals surface area contributed by atoms with Gasteiger partial charge in [-0.05, 0) is 38.1 Å². The van der Waals surface area contributed by atoms with Crippen molar-refractivity contribution in [2.24, 2.45) is 0 Å². The molecule has 1 aromatic rings. The van der Waals surface area contributed by atoms with E-state index in [1.807, 2.05) is 13.1 Å². The Kier molecular flexibility index (Phi) is 3.88. The normalized spacial score (nSPS) is 20.1.